The summed E-state index contributed by atoms with van der Waals surface area (Å²) in [5.41, 5.74) is 8.54. The predicted molar refractivity (Wildman–Crippen MR) is 102 cm³/mol. The van der Waals surface area contributed by atoms with E-state index in [1.807, 2.05) is 66.7 Å². The standard InChI is InChI=1S/C19H17N3OS/c20-14-10-12-16(13-11-14)22(15-6-2-1-3-7-15)19(23)21-17-8-4-5-9-18(17)24/h1-13,24H,20H2,(H,21,23). The van der Waals surface area contributed by atoms with E-state index >= 15 is 0 Å². The fraction of sp³-hybridized carbons (Fsp3) is 0. The second kappa shape index (κ2) is 7.10. The number of benzene rings is 3. The minimum Gasteiger partial charge on any atom is -0.399 e. The molecule has 3 N–H and O–H groups in total. The first-order valence-electron chi connectivity index (χ1n) is 7.45. The molecule has 0 aliphatic heterocycles. The molecule has 4 nitrogen and oxygen atoms in total. The van der Waals surface area contributed by atoms with Crippen molar-refractivity contribution in [3.63, 3.8) is 0 Å². The molecule has 0 unspecified atom stereocenters. The highest BCUT2D eigenvalue weighted by Gasteiger charge is 2.18. The number of nitrogen functional groups attached to an aromatic ring is 1. The molecule has 3 aromatic rings. The van der Waals surface area contributed by atoms with Crippen LogP contribution in [0.15, 0.2) is 83.8 Å². The number of amides is 2. The van der Waals surface area contributed by atoms with Crippen molar-refractivity contribution in [1.29, 1.82) is 0 Å². The van der Waals surface area contributed by atoms with E-state index in [0.717, 1.165) is 11.4 Å². The second-order valence-corrected chi connectivity index (χ2v) is 5.69. The number of hydrogen-bond acceptors (Lipinski definition) is 3. The Labute approximate surface area is 146 Å². The van der Waals surface area contributed by atoms with Gasteiger partial charge in [0.2, 0.25) is 0 Å². The number of rotatable bonds is 3. The van der Waals surface area contributed by atoms with Crippen molar-refractivity contribution in [2.75, 3.05) is 16.0 Å². The van der Waals surface area contributed by atoms with Gasteiger partial charge in [-0.15, -0.1) is 12.6 Å². The molecule has 5 heteroatoms. The zero-order valence-electron chi connectivity index (χ0n) is 12.9. The summed E-state index contributed by atoms with van der Waals surface area (Å²) in [6.45, 7) is 0. The summed E-state index contributed by atoms with van der Waals surface area (Å²) in [6.07, 6.45) is 0. The molecule has 2 amide bonds. The Bertz CT molecular complexity index is 835. The Morgan fingerprint density at radius 2 is 1.42 bits per heavy atom. The lowest BCUT2D eigenvalue weighted by atomic mass is 10.2. The number of nitrogens with two attached hydrogens (primary N) is 1. The summed E-state index contributed by atoms with van der Waals surface area (Å²) in [6, 6.07) is 23.7. The van der Waals surface area contributed by atoms with E-state index < -0.39 is 0 Å². The predicted octanol–water partition coefficient (Wildman–Crippen LogP) is 4.93. The molecule has 0 spiro atoms. The Morgan fingerprint density at radius 3 is 2.08 bits per heavy atom. The molecule has 0 heterocycles. The quantitative estimate of drug-likeness (QED) is 0.469. The molecule has 0 aliphatic rings. The molecule has 3 aromatic carbocycles. The van der Waals surface area contributed by atoms with Gasteiger partial charge >= 0.3 is 6.03 Å². The van der Waals surface area contributed by atoms with Crippen molar-refractivity contribution in [3.8, 4) is 0 Å². The second-order valence-electron chi connectivity index (χ2n) is 5.21. The molecule has 0 aromatic heterocycles. The van der Waals surface area contributed by atoms with Gasteiger partial charge in [0, 0.05) is 10.6 Å². The van der Waals surface area contributed by atoms with Crippen molar-refractivity contribution >= 4 is 41.4 Å². The smallest absolute Gasteiger partial charge is 0.330 e. The normalized spacial score (nSPS) is 10.2. The summed E-state index contributed by atoms with van der Waals surface area (Å²) in [5, 5.41) is 2.90. The maximum atomic E-state index is 12.9. The minimum absolute atomic E-state index is 0.271. The summed E-state index contributed by atoms with van der Waals surface area (Å²) >= 11 is 4.38. The maximum absolute atomic E-state index is 12.9. The Kier molecular flexibility index (Phi) is 4.72. The number of thiol groups is 1. The van der Waals surface area contributed by atoms with E-state index in [9.17, 15) is 4.79 Å². The SMILES string of the molecule is Nc1ccc(N(C(=O)Nc2ccccc2S)c2ccccc2)cc1. The molecular weight excluding hydrogens is 318 g/mol. The molecule has 0 fully saturated rings. The van der Waals surface area contributed by atoms with Crippen LogP contribution >= 0.6 is 12.6 Å². The van der Waals surface area contributed by atoms with Crippen LogP contribution in [0.5, 0.6) is 0 Å². The number of nitrogens with zero attached hydrogens (tertiary/aromatic N) is 1. The van der Waals surface area contributed by atoms with Crippen molar-refractivity contribution < 1.29 is 4.79 Å². The first-order chi connectivity index (χ1) is 11.6. The van der Waals surface area contributed by atoms with Gasteiger partial charge in [0.15, 0.2) is 0 Å². The molecule has 0 bridgehead atoms. The molecule has 0 saturated carbocycles. The van der Waals surface area contributed by atoms with Gasteiger partial charge in [-0.25, -0.2) is 4.79 Å². The van der Waals surface area contributed by atoms with E-state index in [1.54, 1.807) is 17.0 Å². The highest BCUT2D eigenvalue weighted by Crippen LogP contribution is 2.28. The van der Waals surface area contributed by atoms with Gasteiger partial charge in [0.05, 0.1) is 17.1 Å². The summed E-state index contributed by atoms with van der Waals surface area (Å²) in [4.78, 5) is 15.2. The Hall–Kier alpha value is -2.92. The van der Waals surface area contributed by atoms with E-state index in [-0.39, 0.29) is 6.03 Å². The van der Waals surface area contributed by atoms with Gasteiger partial charge in [-0.2, -0.15) is 0 Å². The number of para-hydroxylation sites is 2. The van der Waals surface area contributed by atoms with Crippen molar-refractivity contribution in [1.82, 2.24) is 0 Å². The Balaban J connectivity index is 1.97. The number of anilines is 4. The number of nitrogens with one attached hydrogen (secondary N) is 1. The van der Waals surface area contributed by atoms with Crippen LogP contribution in [0, 0.1) is 0 Å². The van der Waals surface area contributed by atoms with Crippen LogP contribution in [0.2, 0.25) is 0 Å². The van der Waals surface area contributed by atoms with Crippen molar-refractivity contribution in [2.24, 2.45) is 0 Å². The van der Waals surface area contributed by atoms with Gasteiger partial charge in [0.1, 0.15) is 0 Å². The third-order valence-corrected chi connectivity index (χ3v) is 3.90. The van der Waals surface area contributed by atoms with Crippen LogP contribution in [0.3, 0.4) is 0 Å². The third-order valence-electron chi connectivity index (χ3n) is 3.51. The van der Waals surface area contributed by atoms with E-state index in [4.69, 9.17) is 5.73 Å². The largest absolute Gasteiger partial charge is 0.399 e. The average molecular weight is 335 g/mol. The summed E-state index contributed by atoms with van der Waals surface area (Å²) in [5.74, 6) is 0. The number of carbonyl (C=O) groups is 1. The van der Waals surface area contributed by atoms with Crippen molar-refractivity contribution in [3.05, 3.63) is 78.9 Å². The lowest BCUT2D eigenvalue weighted by Gasteiger charge is -2.24. The summed E-state index contributed by atoms with van der Waals surface area (Å²) in [7, 11) is 0. The van der Waals surface area contributed by atoms with Crippen LogP contribution in [0.25, 0.3) is 0 Å². The monoisotopic (exact) mass is 335 g/mol. The fourth-order valence-corrected chi connectivity index (χ4v) is 2.55. The molecule has 3 rings (SSSR count). The first kappa shape index (κ1) is 16.0. The van der Waals surface area contributed by atoms with Crippen molar-refractivity contribution in [2.45, 2.75) is 4.90 Å². The third kappa shape index (κ3) is 3.52. The van der Waals surface area contributed by atoms with Gasteiger partial charge in [-0.05, 0) is 48.5 Å². The maximum Gasteiger partial charge on any atom is 0.330 e. The topological polar surface area (TPSA) is 58.4 Å². The molecule has 0 atom stereocenters. The highest BCUT2D eigenvalue weighted by atomic mass is 32.1. The fourth-order valence-electron chi connectivity index (χ4n) is 2.33. The van der Waals surface area contributed by atoms with Crippen LogP contribution in [-0.2, 0) is 0 Å². The lowest BCUT2D eigenvalue weighted by molar-refractivity contribution is 0.259. The molecule has 0 saturated heterocycles. The van der Waals surface area contributed by atoms with Crippen LogP contribution < -0.4 is 16.0 Å². The van der Waals surface area contributed by atoms with Crippen LogP contribution in [0.4, 0.5) is 27.5 Å². The number of hydrogen-bond donors (Lipinski definition) is 3. The molecule has 0 aliphatic carbocycles. The van der Waals surface area contributed by atoms with Crippen LogP contribution in [-0.4, -0.2) is 6.03 Å². The highest BCUT2D eigenvalue weighted by molar-refractivity contribution is 7.80. The summed E-state index contributed by atoms with van der Waals surface area (Å²) < 4.78 is 0. The Morgan fingerprint density at radius 1 is 0.833 bits per heavy atom. The van der Waals surface area contributed by atoms with Gasteiger partial charge in [0.25, 0.3) is 0 Å². The number of carbonyl (C=O) groups excluding carboxylic acids is 1. The van der Waals surface area contributed by atoms with E-state index in [1.165, 1.54) is 0 Å². The van der Waals surface area contributed by atoms with Gasteiger partial charge in [-0.1, -0.05) is 30.3 Å². The number of urea groups is 1. The van der Waals surface area contributed by atoms with Crippen LogP contribution in [0.1, 0.15) is 0 Å². The average Bonchev–Trinajstić information content (AvgIpc) is 2.60. The molecular formula is C19H17N3OS. The van der Waals surface area contributed by atoms with Gasteiger partial charge in [-0.3, -0.25) is 4.90 Å². The minimum atomic E-state index is -0.271. The first-order valence-corrected chi connectivity index (χ1v) is 7.89. The zero-order valence-corrected chi connectivity index (χ0v) is 13.8. The molecule has 120 valence electrons. The molecule has 24 heavy (non-hydrogen) atoms. The van der Waals surface area contributed by atoms with E-state index in [0.29, 0.717) is 16.3 Å². The van der Waals surface area contributed by atoms with Gasteiger partial charge < -0.3 is 11.1 Å². The van der Waals surface area contributed by atoms with E-state index in [2.05, 4.69) is 17.9 Å². The zero-order chi connectivity index (χ0) is 16.9. The molecule has 0 radical (unpaired) electrons. The lowest BCUT2D eigenvalue weighted by Crippen LogP contribution is -2.30.